The number of fused-ring (bicyclic) bond motifs is 2. The maximum absolute atomic E-state index is 6.01. The molecule has 0 amide bonds. The molecule has 3 fully saturated rings. The minimum atomic E-state index is -0.398. The highest BCUT2D eigenvalue weighted by Gasteiger charge is 2.67. The summed E-state index contributed by atoms with van der Waals surface area (Å²) in [6.07, 6.45) is 7.52. The van der Waals surface area contributed by atoms with Gasteiger partial charge >= 0.3 is 0 Å². The SMILES string of the molecule is CC1(C)OCC2(CO1)C[C@H]1C[C@@]1(C1=CCc3ccccc31)C2. The number of ether oxygens (including phenoxy) is 2. The van der Waals surface area contributed by atoms with Gasteiger partial charge in [0, 0.05) is 5.41 Å². The monoisotopic (exact) mass is 296 g/mol. The van der Waals surface area contributed by atoms with Crippen LogP contribution in [-0.4, -0.2) is 19.0 Å². The zero-order chi connectivity index (χ0) is 15.0. The molecule has 2 saturated carbocycles. The summed E-state index contributed by atoms with van der Waals surface area (Å²) < 4.78 is 12.0. The first-order valence-electron chi connectivity index (χ1n) is 8.59. The average molecular weight is 296 g/mol. The van der Waals surface area contributed by atoms with Gasteiger partial charge < -0.3 is 9.47 Å². The summed E-state index contributed by atoms with van der Waals surface area (Å²) in [5.41, 5.74) is 5.35. The first-order chi connectivity index (χ1) is 10.5. The zero-order valence-electron chi connectivity index (χ0n) is 13.5. The second kappa shape index (κ2) is 4.04. The minimum absolute atomic E-state index is 0.261. The number of hydrogen-bond acceptors (Lipinski definition) is 2. The predicted molar refractivity (Wildman–Crippen MR) is 86.3 cm³/mol. The van der Waals surface area contributed by atoms with Crippen molar-refractivity contribution < 1.29 is 9.47 Å². The molecule has 116 valence electrons. The quantitative estimate of drug-likeness (QED) is 0.773. The fourth-order valence-electron chi connectivity index (χ4n) is 5.27. The Balaban J connectivity index is 1.43. The standard InChI is InChI=1S/C20H24O2/c1-18(2)21-12-19(13-22-18)9-15-10-20(15,11-19)17-8-7-14-5-3-4-6-16(14)17/h3-6,8,15H,7,9-13H2,1-2H3/t15-,20+/m0/s1. The van der Waals surface area contributed by atoms with Crippen molar-refractivity contribution in [1.29, 1.82) is 0 Å². The highest BCUT2D eigenvalue weighted by Crippen LogP contribution is 2.75. The first-order valence-corrected chi connectivity index (χ1v) is 8.59. The van der Waals surface area contributed by atoms with Crippen LogP contribution in [0.2, 0.25) is 0 Å². The van der Waals surface area contributed by atoms with E-state index in [1.165, 1.54) is 30.4 Å². The van der Waals surface area contributed by atoms with Crippen molar-refractivity contribution in [3.63, 3.8) is 0 Å². The zero-order valence-corrected chi connectivity index (χ0v) is 13.5. The van der Waals surface area contributed by atoms with Gasteiger partial charge in [0.1, 0.15) is 0 Å². The van der Waals surface area contributed by atoms with Crippen molar-refractivity contribution in [3.05, 3.63) is 41.5 Å². The molecule has 0 radical (unpaired) electrons. The summed E-state index contributed by atoms with van der Waals surface area (Å²) in [5.74, 6) is 0.447. The molecule has 0 unspecified atom stereocenters. The van der Waals surface area contributed by atoms with Gasteiger partial charge in [-0.05, 0) is 67.6 Å². The summed E-state index contributed by atoms with van der Waals surface area (Å²) in [7, 11) is 0. The van der Waals surface area contributed by atoms with E-state index in [0.717, 1.165) is 25.6 Å². The number of hydrogen-bond donors (Lipinski definition) is 0. The number of benzene rings is 1. The maximum atomic E-state index is 6.01. The third-order valence-corrected chi connectivity index (χ3v) is 6.42. The maximum Gasteiger partial charge on any atom is 0.162 e. The second-order valence-electron chi connectivity index (χ2n) is 8.39. The fraction of sp³-hybridized carbons (Fsp3) is 0.600. The minimum Gasteiger partial charge on any atom is -0.350 e. The topological polar surface area (TPSA) is 18.5 Å². The molecule has 1 aromatic carbocycles. The molecule has 1 saturated heterocycles. The lowest BCUT2D eigenvalue weighted by Crippen LogP contribution is -2.46. The molecular formula is C20H24O2. The molecule has 1 heterocycles. The Morgan fingerprint density at radius 2 is 1.82 bits per heavy atom. The summed E-state index contributed by atoms with van der Waals surface area (Å²) >= 11 is 0. The number of allylic oxidation sites excluding steroid dienone is 2. The molecule has 4 aliphatic rings. The van der Waals surface area contributed by atoms with Crippen LogP contribution in [0.15, 0.2) is 30.3 Å². The molecular weight excluding hydrogens is 272 g/mol. The third kappa shape index (κ3) is 1.74. The Kier molecular flexibility index (Phi) is 2.45. The van der Waals surface area contributed by atoms with Crippen LogP contribution in [0.4, 0.5) is 0 Å². The normalized spacial score (nSPS) is 36.8. The molecule has 2 heteroatoms. The summed E-state index contributed by atoms with van der Waals surface area (Å²) in [4.78, 5) is 0. The molecule has 1 aliphatic heterocycles. The van der Waals surface area contributed by atoms with Crippen LogP contribution in [0, 0.1) is 16.7 Å². The Morgan fingerprint density at radius 1 is 1.05 bits per heavy atom. The molecule has 22 heavy (non-hydrogen) atoms. The number of rotatable bonds is 1. The molecule has 2 nitrogen and oxygen atoms in total. The van der Waals surface area contributed by atoms with E-state index < -0.39 is 5.79 Å². The van der Waals surface area contributed by atoms with E-state index in [4.69, 9.17) is 9.47 Å². The van der Waals surface area contributed by atoms with Crippen molar-refractivity contribution in [2.75, 3.05) is 13.2 Å². The predicted octanol–water partition coefficient (Wildman–Crippen LogP) is 4.20. The molecule has 0 bridgehead atoms. The van der Waals surface area contributed by atoms with Crippen LogP contribution in [0.1, 0.15) is 44.2 Å². The van der Waals surface area contributed by atoms with Crippen LogP contribution in [0.5, 0.6) is 0 Å². The lowest BCUT2D eigenvalue weighted by atomic mass is 9.78. The van der Waals surface area contributed by atoms with Gasteiger partial charge in [-0.2, -0.15) is 0 Å². The Hall–Kier alpha value is -1.12. The summed E-state index contributed by atoms with van der Waals surface area (Å²) in [6.45, 7) is 5.79. The molecule has 3 aliphatic carbocycles. The highest BCUT2D eigenvalue weighted by atomic mass is 16.7. The van der Waals surface area contributed by atoms with Gasteiger partial charge in [-0.25, -0.2) is 0 Å². The summed E-state index contributed by atoms with van der Waals surface area (Å²) in [5, 5.41) is 0. The lowest BCUT2D eigenvalue weighted by molar-refractivity contribution is -0.286. The van der Waals surface area contributed by atoms with E-state index in [9.17, 15) is 0 Å². The van der Waals surface area contributed by atoms with Crippen molar-refractivity contribution in [2.45, 2.75) is 45.3 Å². The first kappa shape index (κ1) is 13.3. The van der Waals surface area contributed by atoms with E-state index >= 15 is 0 Å². The molecule has 1 aromatic rings. The van der Waals surface area contributed by atoms with Crippen LogP contribution in [0.25, 0.3) is 5.57 Å². The van der Waals surface area contributed by atoms with E-state index in [-0.39, 0.29) is 5.41 Å². The molecule has 5 rings (SSSR count). The van der Waals surface area contributed by atoms with Gasteiger partial charge in [-0.3, -0.25) is 0 Å². The Labute approximate surface area is 132 Å². The van der Waals surface area contributed by atoms with E-state index in [1.54, 1.807) is 5.57 Å². The van der Waals surface area contributed by atoms with E-state index in [1.807, 2.05) is 13.8 Å². The van der Waals surface area contributed by atoms with E-state index in [0.29, 0.717) is 5.41 Å². The third-order valence-electron chi connectivity index (χ3n) is 6.42. The molecule has 1 spiro atoms. The van der Waals surface area contributed by atoms with Gasteiger partial charge in [-0.1, -0.05) is 30.3 Å². The van der Waals surface area contributed by atoms with Crippen LogP contribution in [0.3, 0.4) is 0 Å². The lowest BCUT2D eigenvalue weighted by Gasteiger charge is -2.43. The van der Waals surface area contributed by atoms with Crippen molar-refractivity contribution >= 4 is 5.57 Å². The molecule has 0 aromatic heterocycles. The fourth-order valence-corrected chi connectivity index (χ4v) is 5.27. The Morgan fingerprint density at radius 3 is 2.64 bits per heavy atom. The van der Waals surface area contributed by atoms with Gasteiger partial charge in [0.05, 0.1) is 13.2 Å². The van der Waals surface area contributed by atoms with Crippen molar-refractivity contribution in [3.8, 4) is 0 Å². The largest absolute Gasteiger partial charge is 0.350 e. The van der Waals surface area contributed by atoms with Crippen molar-refractivity contribution in [1.82, 2.24) is 0 Å². The molecule has 0 N–H and O–H groups in total. The smallest absolute Gasteiger partial charge is 0.162 e. The van der Waals surface area contributed by atoms with Gasteiger partial charge in [0.25, 0.3) is 0 Å². The van der Waals surface area contributed by atoms with Crippen molar-refractivity contribution in [2.24, 2.45) is 16.7 Å². The molecule has 2 atom stereocenters. The van der Waals surface area contributed by atoms with Crippen LogP contribution >= 0.6 is 0 Å². The van der Waals surface area contributed by atoms with Gasteiger partial charge in [0.15, 0.2) is 5.79 Å². The van der Waals surface area contributed by atoms with E-state index in [2.05, 4.69) is 30.3 Å². The Bertz CT molecular complexity index is 662. The van der Waals surface area contributed by atoms with Gasteiger partial charge in [0.2, 0.25) is 0 Å². The second-order valence-corrected chi connectivity index (χ2v) is 8.39. The van der Waals surface area contributed by atoms with Crippen LogP contribution < -0.4 is 0 Å². The van der Waals surface area contributed by atoms with Crippen LogP contribution in [-0.2, 0) is 15.9 Å². The van der Waals surface area contributed by atoms with Gasteiger partial charge in [-0.15, -0.1) is 0 Å². The summed E-state index contributed by atoms with van der Waals surface area (Å²) in [6, 6.07) is 8.96. The average Bonchev–Trinajstić information content (AvgIpc) is 2.89. The highest BCUT2D eigenvalue weighted by molar-refractivity contribution is 5.79.